The zero-order valence-corrected chi connectivity index (χ0v) is 10.4. The summed E-state index contributed by atoms with van der Waals surface area (Å²) in [6.07, 6.45) is 4.93. The van der Waals surface area contributed by atoms with Crippen LogP contribution in [-0.4, -0.2) is 24.5 Å². The van der Waals surface area contributed by atoms with Gasteiger partial charge in [-0.1, -0.05) is 19.8 Å². The van der Waals surface area contributed by atoms with Crippen LogP contribution in [0.15, 0.2) is 0 Å². The first-order valence-corrected chi connectivity index (χ1v) is 5.97. The number of amides is 1. The zero-order chi connectivity index (χ0) is 11.5. The summed E-state index contributed by atoms with van der Waals surface area (Å²) in [6.45, 7) is 6.06. The van der Waals surface area contributed by atoms with Gasteiger partial charge >= 0.3 is 0 Å². The molecule has 3 nitrogen and oxygen atoms in total. The Balaban J connectivity index is 2.50. The van der Waals surface area contributed by atoms with E-state index in [9.17, 15) is 4.79 Å². The maximum absolute atomic E-state index is 11.9. The van der Waals surface area contributed by atoms with Crippen molar-refractivity contribution >= 4 is 5.91 Å². The molecule has 1 saturated carbocycles. The Kier molecular flexibility index (Phi) is 4.14. The highest BCUT2D eigenvalue weighted by Crippen LogP contribution is 2.24. The van der Waals surface area contributed by atoms with Crippen LogP contribution in [0, 0.1) is 5.92 Å². The molecule has 0 aliphatic heterocycles. The van der Waals surface area contributed by atoms with E-state index in [2.05, 4.69) is 17.6 Å². The molecule has 88 valence electrons. The predicted octanol–water partition coefficient (Wildman–Crippen LogP) is 1.68. The Morgan fingerprint density at radius 2 is 1.87 bits per heavy atom. The van der Waals surface area contributed by atoms with Gasteiger partial charge in [0.15, 0.2) is 0 Å². The fourth-order valence-electron chi connectivity index (χ4n) is 1.99. The van der Waals surface area contributed by atoms with Crippen molar-refractivity contribution in [2.24, 2.45) is 5.92 Å². The van der Waals surface area contributed by atoms with Crippen LogP contribution < -0.4 is 10.6 Å². The van der Waals surface area contributed by atoms with E-state index in [1.54, 1.807) is 0 Å². The van der Waals surface area contributed by atoms with Crippen LogP contribution in [0.4, 0.5) is 0 Å². The summed E-state index contributed by atoms with van der Waals surface area (Å²) in [7, 11) is 1.82. The number of hydrogen-bond acceptors (Lipinski definition) is 2. The molecule has 0 aromatic carbocycles. The Bertz CT molecular complexity index is 226. The minimum Gasteiger partial charge on any atom is -0.352 e. The predicted molar refractivity (Wildman–Crippen MR) is 62.7 cm³/mol. The number of rotatable bonds is 3. The molecule has 1 amide bonds. The molecule has 2 atom stereocenters. The summed E-state index contributed by atoms with van der Waals surface area (Å²) in [5.41, 5.74) is -0.461. The number of carbonyl (C=O) groups is 1. The Labute approximate surface area is 93.0 Å². The minimum absolute atomic E-state index is 0.115. The van der Waals surface area contributed by atoms with Gasteiger partial charge in [-0.25, -0.2) is 0 Å². The minimum atomic E-state index is -0.461. The molecular formula is C12H24N2O. The smallest absolute Gasteiger partial charge is 0.239 e. The van der Waals surface area contributed by atoms with E-state index < -0.39 is 5.54 Å². The highest BCUT2D eigenvalue weighted by Gasteiger charge is 2.30. The average molecular weight is 212 g/mol. The number of likely N-dealkylation sites (N-methyl/N-ethyl adjacent to an activating group) is 1. The second-order valence-corrected chi connectivity index (χ2v) is 5.22. The fourth-order valence-corrected chi connectivity index (χ4v) is 1.99. The van der Waals surface area contributed by atoms with Crippen molar-refractivity contribution in [2.45, 2.75) is 58.0 Å². The van der Waals surface area contributed by atoms with Crippen LogP contribution >= 0.6 is 0 Å². The van der Waals surface area contributed by atoms with Gasteiger partial charge in [0.1, 0.15) is 0 Å². The van der Waals surface area contributed by atoms with Crippen LogP contribution in [-0.2, 0) is 4.79 Å². The zero-order valence-electron chi connectivity index (χ0n) is 10.4. The maximum atomic E-state index is 11.9. The first-order chi connectivity index (χ1) is 6.97. The lowest BCUT2D eigenvalue weighted by Crippen LogP contribution is -2.55. The van der Waals surface area contributed by atoms with E-state index in [1.807, 2.05) is 20.9 Å². The normalized spacial score (nSPS) is 27.5. The van der Waals surface area contributed by atoms with Gasteiger partial charge in [-0.15, -0.1) is 0 Å². The molecule has 0 spiro atoms. The molecule has 1 aliphatic carbocycles. The van der Waals surface area contributed by atoms with E-state index in [1.165, 1.54) is 19.3 Å². The third kappa shape index (κ3) is 3.20. The van der Waals surface area contributed by atoms with Crippen molar-refractivity contribution < 1.29 is 4.79 Å². The first kappa shape index (κ1) is 12.5. The molecular weight excluding hydrogens is 188 g/mol. The lowest BCUT2D eigenvalue weighted by Gasteiger charge is -2.33. The summed E-state index contributed by atoms with van der Waals surface area (Å²) in [5, 5.41) is 6.19. The molecule has 0 radical (unpaired) electrons. The molecule has 1 rings (SSSR count). The molecule has 0 bridgehead atoms. The van der Waals surface area contributed by atoms with Gasteiger partial charge in [-0.2, -0.15) is 0 Å². The SMILES string of the molecule is CNC(C)(C)C(=O)NC1CCCCC1C. The van der Waals surface area contributed by atoms with Crippen LogP contribution in [0.1, 0.15) is 46.5 Å². The molecule has 0 aromatic heterocycles. The van der Waals surface area contributed by atoms with Crippen LogP contribution in [0.2, 0.25) is 0 Å². The van der Waals surface area contributed by atoms with Gasteiger partial charge in [0.2, 0.25) is 5.91 Å². The number of hydrogen-bond donors (Lipinski definition) is 2. The standard InChI is InChI=1S/C12H24N2O/c1-9-7-5-6-8-10(9)14-11(15)12(2,3)13-4/h9-10,13H,5-8H2,1-4H3,(H,14,15). The first-order valence-electron chi connectivity index (χ1n) is 5.97. The van der Waals surface area contributed by atoms with Crippen molar-refractivity contribution in [3.63, 3.8) is 0 Å². The van der Waals surface area contributed by atoms with E-state index in [0.717, 1.165) is 6.42 Å². The monoisotopic (exact) mass is 212 g/mol. The highest BCUT2D eigenvalue weighted by atomic mass is 16.2. The van der Waals surface area contributed by atoms with Crippen LogP contribution in [0.25, 0.3) is 0 Å². The van der Waals surface area contributed by atoms with E-state index in [0.29, 0.717) is 12.0 Å². The lowest BCUT2D eigenvalue weighted by atomic mass is 9.85. The number of carbonyl (C=O) groups excluding carboxylic acids is 1. The summed E-state index contributed by atoms with van der Waals surface area (Å²) >= 11 is 0. The van der Waals surface area contributed by atoms with Crippen LogP contribution in [0.3, 0.4) is 0 Å². The third-order valence-electron chi connectivity index (χ3n) is 3.62. The van der Waals surface area contributed by atoms with Crippen molar-refractivity contribution in [3.05, 3.63) is 0 Å². The lowest BCUT2D eigenvalue weighted by molar-refractivity contribution is -0.127. The topological polar surface area (TPSA) is 41.1 Å². The fraction of sp³-hybridized carbons (Fsp3) is 0.917. The van der Waals surface area contributed by atoms with Crippen molar-refractivity contribution in [1.82, 2.24) is 10.6 Å². The molecule has 3 heteroatoms. The molecule has 0 aromatic rings. The largest absolute Gasteiger partial charge is 0.352 e. The van der Waals surface area contributed by atoms with Gasteiger partial charge < -0.3 is 10.6 Å². The van der Waals surface area contributed by atoms with E-state index in [4.69, 9.17) is 0 Å². The molecule has 2 N–H and O–H groups in total. The maximum Gasteiger partial charge on any atom is 0.239 e. The number of nitrogens with one attached hydrogen (secondary N) is 2. The van der Waals surface area contributed by atoms with Crippen molar-refractivity contribution in [1.29, 1.82) is 0 Å². The summed E-state index contributed by atoms with van der Waals surface area (Å²) in [6, 6.07) is 0.374. The molecule has 0 saturated heterocycles. The second kappa shape index (κ2) is 4.97. The highest BCUT2D eigenvalue weighted by molar-refractivity contribution is 5.85. The molecule has 1 aliphatic rings. The van der Waals surface area contributed by atoms with Gasteiger partial charge in [-0.3, -0.25) is 4.79 Å². The third-order valence-corrected chi connectivity index (χ3v) is 3.62. The van der Waals surface area contributed by atoms with Crippen LogP contribution in [0.5, 0.6) is 0 Å². The van der Waals surface area contributed by atoms with E-state index >= 15 is 0 Å². The van der Waals surface area contributed by atoms with Gasteiger partial charge in [-0.05, 0) is 39.7 Å². The summed E-state index contributed by atoms with van der Waals surface area (Å²) in [5.74, 6) is 0.735. The van der Waals surface area contributed by atoms with E-state index in [-0.39, 0.29) is 5.91 Å². The van der Waals surface area contributed by atoms with Gasteiger partial charge in [0.25, 0.3) is 0 Å². The molecule has 15 heavy (non-hydrogen) atoms. The average Bonchev–Trinajstić information content (AvgIpc) is 2.21. The second-order valence-electron chi connectivity index (χ2n) is 5.22. The summed E-state index contributed by atoms with van der Waals surface area (Å²) < 4.78 is 0. The van der Waals surface area contributed by atoms with Gasteiger partial charge in [0, 0.05) is 6.04 Å². The Hall–Kier alpha value is -0.570. The van der Waals surface area contributed by atoms with Crippen molar-refractivity contribution in [3.8, 4) is 0 Å². The Morgan fingerprint density at radius 3 is 2.40 bits per heavy atom. The van der Waals surface area contributed by atoms with Gasteiger partial charge in [0.05, 0.1) is 5.54 Å². The Morgan fingerprint density at radius 1 is 1.27 bits per heavy atom. The summed E-state index contributed by atoms with van der Waals surface area (Å²) in [4.78, 5) is 11.9. The quantitative estimate of drug-likeness (QED) is 0.747. The molecule has 2 unspecified atom stereocenters. The molecule has 0 heterocycles. The van der Waals surface area contributed by atoms with Crippen molar-refractivity contribution in [2.75, 3.05) is 7.05 Å². The molecule has 1 fully saturated rings.